The number of aromatic nitrogens is 4. The van der Waals surface area contributed by atoms with Crippen LogP contribution in [0.25, 0.3) is 0 Å². The van der Waals surface area contributed by atoms with E-state index < -0.39 is 35.3 Å². The average molecular weight is 413 g/mol. The summed E-state index contributed by atoms with van der Waals surface area (Å²) >= 11 is 0. The molecule has 0 fully saturated rings. The molecule has 0 bridgehead atoms. The predicted molar refractivity (Wildman–Crippen MR) is 102 cm³/mol. The van der Waals surface area contributed by atoms with Gasteiger partial charge in [0.05, 0.1) is 17.6 Å². The Bertz CT molecular complexity index is 871. The highest BCUT2D eigenvalue weighted by Crippen LogP contribution is 2.41. The first kappa shape index (κ1) is 21.5. The summed E-state index contributed by atoms with van der Waals surface area (Å²) in [5, 5.41) is -1.51. The molecule has 2 rings (SSSR count). The average Bonchev–Trinajstić information content (AvgIpc) is 2.59. The molecule has 10 heteroatoms. The zero-order chi connectivity index (χ0) is 20.5. The van der Waals surface area contributed by atoms with Crippen molar-refractivity contribution >= 4 is 18.2 Å². The molecular weight excluding hydrogens is 387 g/mol. The van der Waals surface area contributed by atoms with Crippen molar-refractivity contribution < 1.29 is 17.2 Å². The fraction of sp³-hybridized carbons (Fsp3) is 0.529. The quantitative estimate of drug-likeness (QED) is 0.530. The highest BCUT2D eigenvalue weighted by Gasteiger charge is 2.44. The van der Waals surface area contributed by atoms with Gasteiger partial charge in [0.2, 0.25) is 15.0 Å². The van der Waals surface area contributed by atoms with E-state index in [1.807, 2.05) is 33.9 Å². The zero-order valence-electron chi connectivity index (χ0n) is 16.3. The van der Waals surface area contributed by atoms with Gasteiger partial charge in [0.1, 0.15) is 6.10 Å². The van der Waals surface area contributed by atoms with Crippen LogP contribution in [0.4, 0.5) is 4.39 Å². The summed E-state index contributed by atoms with van der Waals surface area (Å²) in [6.07, 6.45) is 3.76. The minimum atomic E-state index is -3.91. The SMILES string of the molecule is C[C@@H](C(O[Si](C)(C)C(C)(C)C)c1ncc(F)cn1)S(=O)(=O)c1ncccn1. The summed E-state index contributed by atoms with van der Waals surface area (Å²) in [6.45, 7) is 11.6. The van der Waals surface area contributed by atoms with Crippen molar-refractivity contribution in [2.24, 2.45) is 0 Å². The minimum absolute atomic E-state index is 0.119. The van der Waals surface area contributed by atoms with E-state index in [4.69, 9.17) is 4.43 Å². The summed E-state index contributed by atoms with van der Waals surface area (Å²) < 4.78 is 45.7. The van der Waals surface area contributed by atoms with E-state index in [2.05, 4.69) is 19.9 Å². The van der Waals surface area contributed by atoms with Crippen LogP contribution in [-0.4, -0.2) is 41.9 Å². The van der Waals surface area contributed by atoms with Gasteiger partial charge in [-0.2, -0.15) is 0 Å². The highest BCUT2D eigenvalue weighted by atomic mass is 32.2. The van der Waals surface area contributed by atoms with Crippen LogP contribution in [0, 0.1) is 5.82 Å². The fourth-order valence-corrected chi connectivity index (χ4v) is 4.73. The summed E-state index contributed by atoms with van der Waals surface area (Å²) in [5.74, 6) is -0.486. The van der Waals surface area contributed by atoms with Crippen molar-refractivity contribution in [2.75, 3.05) is 0 Å². The smallest absolute Gasteiger partial charge is 0.247 e. The van der Waals surface area contributed by atoms with Crippen LogP contribution < -0.4 is 0 Å². The minimum Gasteiger partial charge on any atom is -0.405 e. The van der Waals surface area contributed by atoms with E-state index in [0.29, 0.717) is 0 Å². The summed E-state index contributed by atoms with van der Waals surface area (Å²) in [4.78, 5) is 15.7. The molecule has 0 saturated carbocycles. The molecule has 2 aromatic heterocycles. The Hall–Kier alpha value is -1.78. The normalized spacial score (nSPS) is 15.4. The second kappa shape index (κ2) is 7.68. The first-order valence-electron chi connectivity index (χ1n) is 8.52. The van der Waals surface area contributed by atoms with Crippen molar-refractivity contribution in [2.45, 2.75) is 62.3 Å². The lowest BCUT2D eigenvalue weighted by Gasteiger charge is -2.40. The van der Waals surface area contributed by atoms with Crippen LogP contribution in [0.2, 0.25) is 18.1 Å². The molecule has 0 aliphatic rings. The Kier molecular flexibility index (Phi) is 6.12. The first-order valence-corrected chi connectivity index (χ1v) is 13.0. The van der Waals surface area contributed by atoms with E-state index in [1.165, 1.54) is 25.4 Å². The molecule has 1 unspecified atom stereocenters. The molecule has 0 saturated heterocycles. The molecule has 148 valence electrons. The number of hydrogen-bond donors (Lipinski definition) is 0. The lowest BCUT2D eigenvalue weighted by atomic mass is 10.2. The molecule has 0 aromatic carbocycles. The third-order valence-electron chi connectivity index (χ3n) is 4.83. The zero-order valence-corrected chi connectivity index (χ0v) is 18.2. The van der Waals surface area contributed by atoms with Gasteiger partial charge in [0.25, 0.3) is 0 Å². The second-order valence-corrected chi connectivity index (χ2v) is 14.8. The standard InChI is InChI=1S/C17H25FN4O3SSi/c1-12(26(23,24)16-19-8-7-9-20-16)14(15-21-10-13(18)11-22-15)25-27(5,6)17(2,3)4/h7-12,14H,1-6H3/t12-,14?/m0/s1. The van der Waals surface area contributed by atoms with Gasteiger partial charge >= 0.3 is 0 Å². The maximum atomic E-state index is 13.3. The number of hydrogen-bond acceptors (Lipinski definition) is 7. The Balaban J connectivity index is 2.50. The third kappa shape index (κ3) is 4.74. The third-order valence-corrected chi connectivity index (χ3v) is 11.2. The van der Waals surface area contributed by atoms with Gasteiger partial charge in [0.15, 0.2) is 20.0 Å². The van der Waals surface area contributed by atoms with Gasteiger partial charge in [-0.05, 0) is 31.1 Å². The van der Waals surface area contributed by atoms with Gasteiger partial charge in [-0.25, -0.2) is 32.7 Å². The molecule has 0 amide bonds. The van der Waals surface area contributed by atoms with Crippen LogP contribution in [0.3, 0.4) is 0 Å². The molecule has 2 heterocycles. The monoisotopic (exact) mass is 412 g/mol. The van der Waals surface area contributed by atoms with E-state index in [0.717, 1.165) is 12.4 Å². The highest BCUT2D eigenvalue weighted by molar-refractivity contribution is 7.91. The van der Waals surface area contributed by atoms with Crippen LogP contribution in [0.5, 0.6) is 0 Å². The molecule has 0 N–H and O–H groups in total. The lowest BCUT2D eigenvalue weighted by molar-refractivity contribution is 0.171. The van der Waals surface area contributed by atoms with Crippen molar-refractivity contribution in [3.05, 3.63) is 42.5 Å². The number of halogens is 1. The number of rotatable bonds is 6. The van der Waals surface area contributed by atoms with Crippen LogP contribution >= 0.6 is 0 Å². The van der Waals surface area contributed by atoms with Crippen molar-refractivity contribution in [3.63, 3.8) is 0 Å². The molecular formula is C17H25FN4O3SSi. The van der Waals surface area contributed by atoms with Crippen molar-refractivity contribution in [1.29, 1.82) is 0 Å². The van der Waals surface area contributed by atoms with Gasteiger partial charge < -0.3 is 4.43 Å². The largest absolute Gasteiger partial charge is 0.405 e. The molecule has 0 aliphatic carbocycles. The Morgan fingerprint density at radius 3 is 2.07 bits per heavy atom. The molecule has 27 heavy (non-hydrogen) atoms. The van der Waals surface area contributed by atoms with E-state index in [9.17, 15) is 12.8 Å². The summed E-state index contributed by atoms with van der Waals surface area (Å²) in [7, 11) is -6.30. The maximum Gasteiger partial charge on any atom is 0.247 e. The van der Waals surface area contributed by atoms with Crippen molar-refractivity contribution in [3.8, 4) is 0 Å². The molecule has 0 spiro atoms. The number of sulfone groups is 1. The molecule has 2 atom stereocenters. The fourth-order valence-electron chi connectivity index (χ4n) is 2.08. The second-order valence-electron chi connectivity index (χ2n) is 7.84. The first-order chi connectivity index (χ1) is 12.4. The molecule has 0 aliphatic heterocycles. The van der Waals surface area contributed by atoms with E-state index in [-0.39, 0.29) is 16.0 Å². The Morgan fingerprint density at radius 2 is 1.59 bits per heavy atom. The van der Waals surface area contributed by atoms with Gasteiger partial charge in [-0.15, -0.1) is 0 Å². The van der Waals surface area contributed by atoms with Gasteiger partial charge in [0, 0.05) is 12.4 Å². The topological polar surface area (TPSA) is 94.9 Å². The van der Waals surface area contributed by atoms with Crippen LogP contribution in [0.15, 0.2) is 36.0 Å². The van der Waals surface area contributed by atoms with Crippen LogP contribution in [0.1, 0.15) is 39.6 Å². The van der Waals surface area contributed by atoms with Crippen LogP contribution in [-0.2, 0) is 14.3 Å². The summed E-state index contributed by atoms with van der Waals surface area (Å²) in [5.41, 5.74) is 0. The lowest BCUT2D eigenvalue weighted by Crippen LogP contribution is -2.45. The molecule has 0 radical (unpaired) electrons. The number of nitrogens with zero attached hydrogens (tertiary/aromatic N) is 4. The predicted octanol–water partition coefficient (Wildman–Crippen LogP) is 3.33. The molecule has 7 nitrogen and oxygen atoms in total. The van der Waals surface area contributed by atoms with Gasteiger partial charge in [-0.3, -0.25) is 0 Å². The van der Waals surface area contributed by atoms with E-state index >= 15 is 0 Å². The summed E-state index contributed by atoms with van der Waals surface area (Å²) in [6, 6.07) is 1.54. The van der Waals surface area contributed by atoms with Crippen molar-refractivity contribution in [1.82, 2.24) is 19.9 Å². The maximum absolute atomic E-state index is 13.3. The molecule has 2 aromatic rings. The Morgan fingerprint density at radius 1 is 1.07 bits per heavy atom. The van der Waals surface area contributed by atoms with Gasteiger partial charge in [-0.1, -0.05) is 20.8 Å². The Labute approximate surface area is 160 Å². The van der Waals surface area contributed by atoms with E-state index in [1.54, 1.807) is 0 Å².